The smallest absolute Gasteiger partial charge is 0.280 e. The van der Waals surface area contributed by atoms with Gasteiger partial charge in [-0.3, -0.25) is 4.79 Å². The number of ether oxygens (including phenoxy) is 3. The topological polar surface area (TPSA) is 68.8 Å². The number of amides is 1. The van der Waals surface area contributed by atoms with Crippen molar-refractivity contribution in [3.8, 4) is 0 Å². The molecule has 6 nitrogen and oxygen atoms in total. The van der Waals surface area contributed by atoms with Gasteiger partial charge in [0.2, 0.25) is 0 Å². The van der Waals surface area contributed by atoms with Gasteiger partial charge in [-0.05, 0) is 26.4 Å². The van der Waals surface area contributed by atoms with Crippen molar-refractivity contribution in [1.29, 1.82) is 0 Å². The van der Waals surface area contributed by atoms with Gasteiger partial charge < -0.3 is 24.8 Å². The highest BCUT2D eigenvalue weighted by atomic mass is 127. The fourth-order valence-electron chi connectivity index (χ4n) is 1.25. The van der Waals surface area contributed by atoms with E-state index in [9.17, 15) is 4.79 Å². The molecule has 1 amide bonds. The van der Waals surface area contributed by atoms with Gasteiger partial charge in [0.1, 0.15) is 0 Å². The number of halogens is 1. The Balaban J connectivity index is 2.93. The van der Waals surface area contributed by atoms with Crippen molar-refractivity contribution in [1.82, 2.24) is 10.6 Å². The number of hydrogen-bond acceptors (Lipinski definition) is 5. The third-order valence-corrected chi connectivity index (χ3v) is 2.57. The Labute approximate surface area is 129 Å². The molecule has 19 heavy (non-hydrogen) atoms. The number of hydrogen-bond donors (Lipinski definition) is 2. The van der Waals surface area contributed by atoms with Gasteiger partial charge in [0.15, 0.2) is 0 Å². The second kappa shape index (κ2) is 16.1. The first kappa shape index (κ1) is 19.0. The SMILES string of the molecule is CNCCCOCCOCCOCCCNC(=O)I. The largest absolute Gasteiger partial charge is 0.379 e. The Kier molecular flexibility index (Phi) is 16.1. The van der Waals surface area contributed by atoms with Crippen molar-refractivity contribution in [2.45, 2.75) is 12.8 Å². The lowest BCUT2D eigenvalue weighted by molar-refractivity contribution is 0.0140. The molecular weight excluding hydrogens is 363 g/mol. The van der Waals surface area contributed by atoms with Crippen LogP contribution in [0.4, 0.5) is 4.79 Å². The van der Waals surface area contributed by atoms with Gasteiger partial charge in [0.05, 0.1) is 26.4 Å². The maximum absolute atomic E-state index is 10.6. The Morgan fingerprint density at radius 1 is 0.895 bits per heavy atom. The van der Waals surface area contributed by atoms with Crippen LogP contribution in [0, 0.1) is 0 Å². The lowest BCUT2D eigenvalue weighted by Crippen LogP contribution is -2.19. The second-order valence-corrected chi connectivity index (χ2v) is 4.83. The van der Waals surface area contributed by atoms with Crippen molar-refractivity contribution >= 4 is 26.5 Å². The van der Waals surface area contributed by atoms with E-state index in [2.05, 4.69) is 10.6 Å². The number of carbonyl (C=O) groups excluding carboxylic acids is 1. The predicted molar refractivity (Wildman–Crippen MR) is 83.0 cm³/mol. The average Bonchev–Trinajstić information content (AvgIpc) is 2.39. The zero-order valence-corrected chi connectivity index (χ0v) is 13.7. The van der Waals surface area contributed by atoms with Gasteiger partial charge in [-0.2, -0.15) is 0 Å². The molecule has 0 bridgehead atoms. The Morgan fingerprint density at radius 3 is 1.84 bits per heavy atom. The van der Waals surface area contributed by atoms with Gasteiger partial charge in [0, 0.05) is 42.3 Å². The van der Waals surface area contributed by atoms with Crippen LogP contribution in [0.1, 0.15) is 12.8 Å². The molecule has 2 N–H and O–H groups in total. The molecule has 0 fully saturated rings. The fourth-order valence-corrected chi connectivity index (χ4v) is 1.52. The first-order chi connectivity index (χ1) is 9.27. The van der Waals surface area contributed by atoms with Crippen molar-refractivity contribution in [3.05, 3.63) is 0 Å². The normalized spacial score (nSPS) is 10.6. The average molecular weight is 388 g/mol. The summed E-state index contributed by atoms with van der Waals surface area (Å²) in [6.07, 6.45) is 1.84. The summed E-state index contributed by atoms with van der Waals surface area (Å²) in [5.74, 6) is 0. The van der Waals surface area contributed by atoms with E-state index in [1.54, 1.807) is 22.6 Å². The fraction of sp³-hybridized carbons (Fsp3) is 0.917. The van der Waals surface area contributed by atoms with Crippen LogP contribution in [0.25, 0.3) is 0 Å². The molecule has 0 saturated carbocycles. The molecule has 0 atom stereocenters. The van der Waals surface area contributed by atoms with E-state index in [-0.39, 0.29) is 3.91 Å². The highest BCUT2D eigenvalue weighted by Gasteiger charge is 1.94. The lowest BCUT2D eigenvalue weighted by Gasteiger charge is -2.07. The molecule has 0 aromatic heterocycles. The Hall–Kier alpha value is 0.0400. The molecule has 114 valence electrons. The number of rotatable bonds is 14. The van der Waals surface area contributed by atoms with Crippen molar-refractivity contribution in [2.24, 2.45) is 0 Å². The summed E-state index contributed by atoms with van der Waals surface area (Å²) in [6, 6.07) is 0. The van der Waals surface area contributed by atoms with Crippen LogP contribution < -0.4 is 10.6 Å². The molecule has 0 saturated heterocycles. The molecule has 0 aliphatic rings. The first-order valence-corrected chi connectivity index (χ1v) is 7.66. The predicted octanol–water partition coefficient (Wildman–Crippen LogP) is 1.18. The van der Waals surface area contributed by atoms with Crippen molar-refractivity contribution in [2.75, 3.05) is 59.8 Å². The van der Waals surface area contributed by atoms with E-state index in [4.69, 9.17) is 14.2 Å². The molecular formula is C12H25IN2O4. The molecule has 0 aliphatic heterocycles. The summed E-state index contributed by atoms with van der Waals surface area (Å²) in [6.45, 7) is 5.44. The van der Waals surface area contributed by atoms with Crippen LogP contribution in [-0.4, -0.2) is 63.7 Å². The first-order valence-electron chi connectivity index (χ1n) is 6.58. The van der Waals surface area contributed by atoms with Crippen molar-refractivity contribution < 1.29 is 19.0 Å². The molecule has 0 aromatic carbocycles. The van der Waals surface area contributed by atoms with Crippen LogP contribution >= 0.6 is 22.6 Å². The van der Waals surface area contributed by atoms with Crippen LogP contribution in [0.15, 0.2) is 0 Å². The summed E-state index contributed by atoms with van der Waals surface area (Å²) in [4.78, 5) is 10.6. The molecule has 0 aliphatic carbocycles. The standard InChI is InChI=1S/C12H25IN2O4/c1-14-4-2-6-17-8-10-19-11-9-18-7-3-5-15-12(13)16/h14H,2-11H2,1H3,(H,15,16). The van der Waals surface area contributed by atoms with E-state index in [1.807, 2.05) is 7.05 Å². The molecule has 7 heteroatoms. The summed E-state index contributed by atoms with van der Waals surface area (Å²) < 4.78 is 16.0. The monoisotopic (exact) mass is 388 g/mol. The third-order valence-electron chi connectivity index (χ3n) is 2.19. The van der Waals surface area contributed by atoms with E-state index in [0.29, 0.717) is 39.6 Å². The van der Waals surface area contributed by atoms with Crippen LogP contribution in [0.2, 0.25) is 0 Å². The van der Waals surface area contributed by atoms with Gasteiger partial charge in [-0.1, -0.05) is 0 Å². The Bertz CT molecular complexity index is 208. The highest BCUT2D eigenvalue weighted by molar-refractivity contribution is 14.1. The Morgan fingerprint density at radius 2 is 1.37 bits per heavy atom. The minimum atomic E-state index is -0.0318. The van der Waals surface area contributed by atoms with Crippen LogP contribution in [0.5, 0.6) is 0 Å². The molecule has 0 rings (SSSR count). The molecule has 0 heterocycles. The summed E-state index contributed by atoms with van der Waals surface area (Å²) in [5, 5.41) is 5.76. The van der Waals surface area contributed by atoms with Gasteiger partial charge in [-0.15, -0.1) is 0 Å². The zero-order valence-electron chi connectivity index (χ0n) is 11.6. The van der Waals surface area contributed by atoms with E-state index in [1.165, 1.54) is 0 Å². The number of carbonyl (C=O) groups is 1. The van der Waals surface area contributed by atoms with Gasteiger partial charge in [0.25, 0.3) is 3.91 Å². The zero-order chi connectivity index (χ0) is 14.2. The van der Waals surface area contributed by atoms with Gasteiger partial charge in [-0.25, -0.2) is 0 Å². The molecule has 0 unspecified atom stereocenters. The van der Waals surface area contributed by atoms with E-state index >= 15 is 0 Å². The lowest BCUT2D eigenvalue weighted by atomic mass is 10.4. The maximum Gasteiger partial charge on any atom is 0.280 e. The van der Waals surface area contributed by atoms with Crippen molar-refractivity contribution in [3.63, 3.8) is 0 Å². The highest BCUT2D eigenvalue weighted by Crippen LogP contribution is 1.87. The molecule has 0 radical (unpaired) electrons. The number of nitrogens with one attached hydrogen (secondary N) is 2. The van der Waals surface area contributed by atoms with Crippen LogP contribution in [-0.2, 0) is 14.2 Å². The second-order valence-electron chi connectivity index (χ2n) is 3.85. The summed E-state index contributed by atoms with van der Waals surface area (Å²) in [7, 11) is 1.93. The minimum Gasteiger partial charge on any atom is -0.379 e. The van der Waals surface area contributed by atoms with E-state index < -0.39 is 0 Å². The minimum absolute atomic E-state index is 0.0318. The molecule has 0 aromatic rings. The van der Waals surface area contributed by atoms with E-state index in [0.717, 1.165) is 26.0 Å². The summed E-state index contributed by atoms with van der Waals surface area (Å²) >= 11 is 1.71. The van der Waals surface area contributed by atoms with Gasteiger partial charge >= 0.3 is 0 Å². The third kappa shape index (κ3) is 18.0. The summed E-state index contributed by atoms with van der Waals surface area (Å²) in [5.41, 5.74) is 0. The van der Waals surface area contributed by atoms with Crippen LogP contribution in [0.3, 0.4) is 0 Å². The molecule has 0 spiro atoms. The quantitative estimate of drug-likeness (QED) is 0.203. The maximum atomic E-state index is 10.6.